The molecular formula is C17H24N4S3. The lowest BCUT2D eigenvalue weighted by molar-refractivity contribution is 0.725. The number of aromatic nitrogens is 1. The van der Waals surface area contributed by atoms with Crippen LogP contribution in [0.15, 0.2) is 22.5 Å². The lowest BCUT2D eigenvalue weighted by Crippen LogP contribution is -2.40. The minimum Gasteiger partial charge on any atom is -0.356 e. The molecule has 1 aliphatic rings. The monoisotopic (exact) mass is 380 g/mol. The molecule has 2 aromatic heterocycles. The van der Waals surface area contributed by atoms with Crippen LogP contribution in [0.3, 0.4) is 0 Å². The summed E-state index contributed by atoms with van der Waals surface area (Å²) in [5, 5.41) is 10.9. The Morgan fingerprint density at radius 2 is 2.29 bits per heavy atom. The Labute approximate surface area is 156 Å². The van der Waals surface area contributed by atoms with Gasteiger partial charge in [0.2, 0.25) is 0 Å². The summed E-state index contributed by atoms with van der Waals surface area (Å²) in [6.45, 7) is 3.96. The minimum atomic E-state index is 0.741. The maximum atomic E-state index is 4.56. The number of guanidine groups is 1. The number of aliphatic imine (C=N–C) groups is 1. The van der Waals surface area contributed by atoms with Crippen LogP contribution in [0.4, 0.5) is 0 Å². The molecule has 0 saturated carbocycles. The molecular weight excluding hydrogens is 356 g/mol. The topological polar surface area (TPSA) is 49.3 Å². The maximum Gasteiger partial charge on any atom is 0.191 e. The van der Waals surface area contributed by atoms with Gasteiger partial charge in [0.05, 0.1) is 15.6 Å². The third kappa shape index (κ3) is 4.97. The zero-order chi connectivity index (χ0) is 16.8. The van der Waals surface area contributed by atoms with Gasteiger partial charge < -0.3 is 10.6 Å². The highest BCUT2D eigenvalue weighted by Gasteiger charge is 2.15. The Balaban J connectivity index is 1.42. The smallest absolute Gasteiger partial charge is 0.191 e. The molecule has 1 fully saturated rings. The summed E-state index contributed by atoms with van der Waals surface area (Å²) in [5.41, 5.74) is 1.10. The lowest BCUT2D eigenvalue weighted by Gasteiger charge is -2.14. The first-order chi connectivity index (χ1) is 11.7. The summed E-state index contributed by atoms with van der Waals surface area (Å²) in [5.74, 6) is 2.21. The number of hydrogen-bond donors (Lipinski definition) is 2. The third-order valence-corrected chi connectivity index (χ3v) is 7.28. The quantitative estimate of drug-likeness (QED) is 0.591. The third-order valence-electron chi connectivity index (χ3n) is 3.94. The van der Waals surface area contributed by atoms with Gasteiger partial charge in [-0.05, 0) is 44.1 Å². The summed E-state index contributed by atoms with van der Waals surface area (Å²) in [4.78, 5) is 11.5. The molecule has 2 N–H and O–H groups in total. The molecule has 3 heterocycles. The number of nitrogens with one attached hydrogen (secondary N) is 2. The predicted octanol–water partition coefficient (Wildman–Crippen LogP) is 3.78. The Hall–Kier alpha value is -1.05. The van der Waals surface area contributed by atoms with E-state index in [0.717, 1.165) is 41.4 Å². The van der Waals surface area contributed by atoms with Crippen LogP contribution in [0.25, 0.3) is 10.6 Å². The van der Waals surface area contributed by atoms with Crippen molar-refractivity contribution in [1.82, 2.24) is 15.6 Å². The molecule has 1 unspecified atom stereocenters. The van der Waals surface area contributed by atoms with E-state index in [1.165, 1.54) is 28.3 Å². The molecule has 1 saturated heterocycles. The molecule has 0 amide bonds. The molecule has 24 heavy (non-hydrogen) atoms. The fourth-order valence-corrected chi connectivity index (χ4v) is 5.52. The highest BCUT2D eigenvalue weighted by Crippen LogP contribution is 2.29. The number of hydrogen-bond acceptors (Lipinski definition) is 5. The Morgan fingerprint density at radius 1 is 1.38 bits per heavy atom. The van der Waals surface area contributed by atoms with Gasteiger partial charge in [0.1, 0.15) is 0 Å². The number of thioether (sulfide) groups is 1. The number of thiazole rings is 1. The van der Waals surface area contributed by atoms with Crippen LogP contribution in [-0.2, 0) is 6.42 Å². The molecule has 2 aromatic rings. The fraction of sp³-hybridized carbons (Fsp3) is 0.529. The van der Waals surface area contributed by atoms with Crippen molar-refractivity contribution in [1.29, 1.82) is 0 Å². The average Bonchev–Trinajstić information content (AvgIpc) is 3.32. The average molecular weight is 381 g/mol. The SMILES string of the molecule is CN=C(NCCc1ccc(-c2csc(C)n2)s1)NCC1CCCS1. The van der Waals surface area contributed by atoms with Gasteiger partial charge in [-0.25, -0.2) is 4.98 Å². The first-order valence-electron chi connectivity index (χ1n) is 8.32. The molecule has 0 aliphatic carbocycles. The zero-order valence-corrected chi connectivity index (χ0v) is 16.6. The number of aryl methyl sites for hydroxylation is 1. The van der Waals surface area contributed by atoms with E-state index in [2.05, 4.69) is 56.8 Å². The minimum absolute atomic E-state index is 0.741. The van der Waals surface area contributed by atoms with Crippen LogP contribution in [0.2, 0.25) is 0 Å². The Morgan fingerprint density at radius 3 is 3.00 bits per heavy atom. The summed E-state index contributed by atoms with van der Waals surface area (Å²) in [6.07, 6.45) is 3.68. The van der Waals surface area contributed by atoms with Crippen molar-refractivity contribution >= 4 is 40.4 Å². The van der Waals surface area contributed by atoms with Gasteiger partial charge in [-0.2, -0.15) is 11.8 Å². The van der Waals surface area contributed by atoms with E-state index < -0.39 is 0 Å². The predicted molar refractivity (Wildman–Crippen MR) is 109 cm³/mol. The molecule has 0 aromatic carbocycles. The van der Waals surface area contributed by atoms with E-state index in [1.54, 1.807) is 11.3 Å². The van der Waals surface area contributed by atoms with Crippen LogP contribution >= 0.6 is 34.4 Å². The number of nitrogens with zero attached hydrogens (tertiary/aromatic N) is 2. The van der Waals surface area contributed by atoms with Crippen molar-refractivity contribution in [3.8, 4) is 10.6 Å². The van der Waals surface area contributed by atoms with Gasteiger partial charge in [0.15, 0.2) is 5.96 Å². The van der Waals surface area contributed by atoms with E-state index in [-0.39, 0.29) is 0 Å². The van der Waals surface area contributed by atoms with Crippen molar-refractivity contribution in [2.75, 3.05) is 25.9 Å². The van der Waals surface area contributed by atoms with E-state index in [9.17, 15) is 0 Å². The molecule has 1 aliphatic heterocycles. The van der Waals surface area contributed by atoms with Gasteiger partial charge in [0, 0.05) is 35.6 Å². The van der Waals surface area contributed by atoms with E-state index in [1.807, 2.05) is 18.4 Å². The van der Waals surface area contributed by atoms with Gasteiger partial charge >= 0.3 is 0 Å². The number of thiophene rings is 1. The summed E-state index contributed by atoms with van der Waals surface area (Å²) in [7, 11) is 1.84. The second kappa shape index (κ2) is 8.87. The van der Waals surface area contributed by atoms with Crippen LogP contribution < -0.4 is 10.6 Å². The highest BCUT2D eigenvalue weighted by molar-refractivity contribution is 8.00. The van der Waals surface area contributed by atoms with E-state index in [0.29, 0.717) is 0 Å². The van der Waals surface area contributed by atoms with Crippen molar-refractivity contribution in [2.45, 2.75) is 31.4 Å². The maximum absolute atomic E-state index is 4.56. The zero-order valence-electron chi connectivity index (χ0n) is 14.2. The van der Waals surface area contributed by atoms with Crippen LogP contribution in [-0.4, -0.2) is 42.1 Å². The first-order valence-corrected chi connectivity index (χ1v) is 11.1. The molecule has 7 heteroatoms. The van der Waals surface area contributed by atoms with Crippen LogP contribution in [0, 0.1) is 6.92 Å². The second-order valence-corrected chi connectivity index (χ2v) is 9.42. The van der Waals surface area contributed by atoms with Gasteiger partial charge in [-0.15, -0.1) is 22.7 Å². The lowest BCUT2D eigenvalue weighted by atomic mass is 10.2. The molecule has 0 radical (unpaired) electrons. The van der Waals surface area contributed by atoms with Crippen molar-refractivity contribution < 1.29 is 0 Å². The summed E-state index contributed by atoms with van der Waals surface area (Å²) in [6, 6.07) is 4.39. The Kier molecular flexibility index (Phi) is 6.57. The molecule has 130 valence electrons. The first kappa shape index (κ1) is 17.8. The molecule has 0 spiro atoms. The fourth-order valence-electron chi connectivity index (χ4n) is 2.67. The van der Waals surface area contributed by atoms with E-state index >= 15 is 0 Å². The second-order valence-electron chi connectivity index (χ2n) is 5.78. The van der Waals surface area contributed by atoms with E-state index in [4.69, 9.17) is 0 Å². The van der Waals surface area contributed by atoms with Crippen LogP contribution in [0.1, 0.15) is 22.7 Å². The van der Waals surface area contributed by atoms with Crippen molar-refractivity contribution in [2.24, 2.45) is 4.99 Å². The molecule has 4 nitrogen and oxygen atoms in total. The molecule has 1 atom stereocenters. The van der Waals surface area contributed by atoms with Crippen molar-refractivity contribution in [3.05, 3.63) is 27.4 Å². The molecule has 0 bridgehead atoms. The summed E-state index contributed by atoms with van der Waals surface area (Å²) < 4.78 is 0. The van der Waals surface area contributed by atoms with Gasteiger partial charge in [-0.3, -0.25) is 4.99 Å². The van der Waals surface area contributed by atoms with Crippen LogP contribution in [0.5, 0.6) is 0 Å². The van der Waals surface area contributed by atoms with Crippen molar-refractivity contribution in [3.63, 3.8) is 0 Å². The largest absolute Gasteiger partial charge is 0.356 e. The van der Waals surface area contributed by atoms with Gasteiger partial charge in [0.25, 0.3) is 0 Å². The van der Waals surface area contributed by atoms with Gasteiger partial charge in [-0.1, -0.05) is 0 Å². The standard InChI is InChI=1S/C17H24N4S3/c1-12-21-15(11-23-12)16-6-5-13(24-16)7-8-19-17(18-2)20-10-14-4-3-9-22-14/h5-6,11,14H,3-4,7-10H2,1-2H3,(H2,18,19,20). The summed E-state index contributed by atoms with van der Waals surface area (Å²) >= 11 is 5.61. The Bertz CT molecular complexity index is 671. The number of rotatable bonds is 6. The molecule has 3 rings (SSSR count). The highest BCUT2D eigenvalue weighted by atomic mass is 32.2. The normalized spacial score (nSPS) is 18.1.